The first kappa shape index (κ1) is 10.4. The maximum absolute atomic E-state index is 11.3. The summed E-state index contributed by atoms with van der Waals surface area (Å²) >= 11 is 0. The van der Waals surface area contributed by atoms with Gasteiger partial charge in [-0.3, -0.25) is 4.79 Å². The standard InChI is InChI=1S/C9H13N3O2/c1-6(2)8(13)12-7-4-10-9(14-3)11-5-7/h4-6H,1-3H3,(H,12,13). The number of carbonyl (C=O) groups is 1. The first-order chi connectivity index (χ1) is 6.63. The van der Waals surface area contributed by atoms with Gasteiger partial charge in [0.25, 0.3) is 0 Å². The largest absolute Gasteiger partial charge is 0.467 e. The van der Waals surface area contributed by atoms with E-state index in [1.165, 1.54) is 19.5 Å². The van der Waals surface area contributed by atoms with Crippen LogP contribution in [0.2, 0.25) is 0 Å². The molecule has 0 atom stereocenters. The number of amides is 1. The van der Waals surface area contributed by atoms with Crippen LogP contribution in [0, 0.1) is 5.92 Å². The molecule has 0 aliphatic rings. The lowest BCUT2D eigenvalue weighted by molar-refractivity contribution is -0.118. The molecule has 14 heavy (non-hydrogen) atoms. The van der Waals surface area contributed by atoms with E-state index in [4.69, 9.17) is 4.74 Å². The van der Waals surface area contributed by atoms with Crippen molar-refractivity contribution in [1.82, 2.24) is 9.97 Å². The van der Waals surface area contributed by atoms with Crippen molar-refractivity contribution in [2.24, 2.45) is 5.92 Å². The second kappa shape index (κ2) is 4.55. The molecule has 1 aromatic heterocycles. The van der Waals surface area contributed by atoms with Crippen LogP contribution in [0.25, 0.3) is 0 Å². The molecule has 0 bridgehead atoms. The second-order valence-corrected chi connectivity index (χ2v) is 3.10. The Bertz CT molecular complexity index is 308. The summed E-state index contributed by atoms with van der Waals surface area (Å²) in [7, 11) is 1.49. The van der Waals surface area contributed by atoms with E-state index in [1.807, 2.05) is 13.8 Å². The second-order valence-electron chi connectivity index (χ2n) is 3.10. The highest BCUT2D eigenvalue weighted by atomic mass is 16.5. The maximum Gasteiger partial charge on any atom is 0.316 e. The number of rotatable bonds is 3. The van der Waals surface area contributed by atoms with Crippen LogP contribution < -0.4 is 10.1 Å². The normalized spacial score (nSPS) is 10.0. The molecule has 1 rings (SSSR count). The summed E-state index contributed by atoms with van der Waals surface area (Å²) in [6.07, 6.45) is 3.01. The van der Waals surface area contributed by atoms with Crippen molar-refractivity contribution in [2.75, 3.05) is 12.4 Å². The van der Waals surface area contributed by atoms with Crippen LogP contribution in [0.4, 0.5) is 5.69 Å². The molecular weight excluding hydrogens is 182 g/mol. The number of ether oxygens (including phenoxy) is 1. The van der Waals surface area contributed by atoms with Gasteiger partial charge in [0.2, 0.25) is 5.91 Å². The first-order valence-electron chi connectivity index (χ1n) is 4.30. The minimum atomic E-state index is -0.0582. The zero-order chi connectivity index (χ0) is 10.6. The van der Waals surface area contributed by atoms with Crippen molar-refractivity contribution < 1.29 is 9.53 Å². The summed E-state index contributed by atoms with van der Waals surface area (Å²) in [4.78, 5) is 19.0. The van der Waals surface area contributed by atoms with E-state index in [0.29, 0.717) is 5.69 Å². The lowest BCUT2D eigenvalue weighted by Gasteiger charge is -2.06. The molecule has 0 aliphatic carbocycles. The Hall–Kier alpha value is -1.65. The molecule has 0 radical (unpaired) electrons. The number of hydrogen-bond donors (Lipinski definition) is 1. The molecule has 0 aliphatic heterocycles. The van der Waals surface area contributed by atoms with Crippen molar-refractivity contribution in [3.05, 3.63) is 12.4 Å². The summed E-state index contributed by atoms with van der Waals surface area (Å²) in [5.74, 6) is -0.115. The number of nitrogens with one attached hydrogen (secondary N) is 1. The number of aromatic nitrogens is 2. The van der Waals surface area contributed by atoms with Gasteiger partial charge < -0.3 is 10.1 Å². The smallest absolute Gasteiger partial charge is 0.316 e. The Kier molecular flexibility index (Phi) is 3.39. The average Bonchev–Trinajstić information content (AvgIpc) is 2.19. The zero-order valence-electron chi connectivity index (χ0n) is 8.44. The van der Waals surface area contributed by atoms with E-state index in [1.54, 1.807) is 0 Å². The van der Waals surface area contributed by atoms with Gasteiger partial charge in [0.15, 0.2) is 0 Å². The van der Waals surface area contributed by atoms with Crippen molar-refractivity contribution in [3.63, 3.8) is 0 Å². The summed E-state index contributed by atoms with van der Waals surface area (Å²) in [6.45, 7) is 3.64. The molecule has 0 saturated heterocycles. The van der Waals surface area contributed by atoms with Crippen molar-refractivity contribution in [1.29, 1.82) is 0 Å². The fourth-order valence-electron chi connectivity index (χ4n) is 0.773. The molecule has 0 spiro atoms. The lowest BCUT2D eigenvalue weighted by atomic mass is 10.2. The SMILES string of the molecule is COc1ncc(NC(=O)C(C)C)cn1. The van der Waals surface area contributed by atoms with Crippen LogP contribution in [0.15, 0.2) is 12.4 Å². The van der Waals surface area contributed by atoms with Gasteiger partial charge in [-0.2, -0.15) is 0 Å². The molecule has 0 unspecified atom stereocenters. The maximum atomic E-state index is 11.3. The highest BCUT2D eigenvalue weighted by Gasteiger charge is 2.07. The van der Waals surface area contributed by atoms with Crippen molar-refractivity contribution in [3.8, 4) is 6.01 Å². The topological polar surface area (TPSA) is 64.1 Å². The Morgan fingerprint density at radius 2 is 2.00 bits per heavy atom. The van der Waals surface area contributed by atoms with E-state index in [2.05, 4.69) is 15.3 Å². The fourth-order valence-corrected chi connectivity index (χ4v) is 0.773. The van der Waals surface area contributed by atoms with Gasteiger partial charge in [0.1, 0.15) is 0 Å². The third-order valence-electron chi connectivity index (χ3n) is 1.60. The van der Waals surface area contributed by atoms with E-state index < -0.39 is 0 Å². The number of anilines is 1. The van der Waals surface area contributed by atoms with Gasteiger partial charge in [0.05, 0.1) is 25.2 Å². The van der Waals surface area contributed by atoms with Crippen LogP contribution >= 0.6 is 0 Å². The Morgan fingerprint density at radius 1 is 1.43 bits per heavy atom. The third-order valence-corrected chi connectivity index (χ3v) is 1.60. The highest BCUT2D eigenvalue weighted by Crippen LogP contribution is 2.08. The third kappa shape index (κ3) is 2.69. The fraction of sp³-hybridized carbons (Fsp3) is 0.444. The van der Waals surface area contributed by atoms with Gasteiger partial charge in [-0.05, 0) is 0 Å². The van der Waals surface area contributed by atoms with Crippen LogP contribution in [-0.2, 0) is 4.79 Å². The van der Waals surface area contributed by atoms with Gasteiger partial charge >= 0.3 is 6.01 Å². The summed E-state index contributed by atoms with van der Waals surface area (Å²) < 4.78 is 4.79. The highest BCUT2D eigenvalue weighted by molar-refractivity contribution is 5.91. The summed E-state index contributed by atoms with van der Waals surface area (Å²) in [5.41, 5.74) is 0.574. The Labute approximate surface area is 82.5 Å². The van der Waals surface area contributed by atoms with Crippen LogP contribution in [0.5, 0.6) is 6.01 Å². The first-order valence-corrected chi connectivity index (χ1v) is 4.30. The Balaban J connectivity index is 2.64. The van der Waals surface area contributed by atoms with E-state index >= 15 is 0 Å². The summed E-state index contributed by atoms with van der Waals surface area (Å²) in [5, 5.41) is 2.67. The number of methoxy groups -OCH3 is 1. The molecule has 1 heterocycles. The molecule has 5 nitrogen and oxygen atoms in total. The molecule has 1 amide bonds. The van der Waals surface area contributed by atoms with Crippen LogP contribution in [0.1, 0.15) is 13.8 Å². The lowest BCUT2D eigenvalue weighted by Crippen LogP contribution is -2.17. The predicted octanol–water partition coefficient (Wildman–Crippen LogP) is 1.08. The predicted molar refractivity (Wildman–Crippen MR) is 52.1 cm³/mol. The molecule has 1 N–H and O–H groups in total. The van der Waals surface area contributed by atoms with Crippen LogP contribution in [-0.4, -0.2) is 23.0 Å². The van der Waals surface area contributed by atoms with E-state index in [9.17, 15) is 4.79 Å². The molecule has 0 fully saturated rings. The molecule has 0 saturated carbocycles. The van der Waals surface area contributed by atoms with Gasteiger partial charge in [0, 0.05) is 5.92 Å². The summed E-state index contributed by atoms with van der Waals surface area (Å²) in [6, 6.07) is 0.285. The average molecular weight is 195 g/mol. The van der Waals surface area contributed by atoms with E-state index in [-0.39, 0.29) is 17.8 Å². The minimum absolute atomic E-state index is 0.0567. The number of nitrogens with zero attached hydrogens (tertiary/aromatic N) is 2. The zero-order valence-corrected chi connectivity index (χ0v) is 8.44. The van der Waals surface area contributed by atoms with Crippen molar-refractivity contribution in [2.45, 2.75) is 13.8 Å². The van der Waals surface area contributed by atoms with Crippen molar-refractivity contribution >= 4 is 11.6 Å². The van der Waals surface area contributed by atoms with E-state index in [0.717, 1.165) is 0 Å². The molecular formula is C9H13N3O2. The molecule has 1 aromatic rings. The molecule has 0 aromatic carbocycles. The van der Waals surface area contributed by atoms with Gasteiger partial charge in [-0.25, -0.2) is 9.97 Å². The number of carbonyl (C=O) groups excluding carboxylic acids is 1. The van der Waals surface area contributed by atoms with Crippen LogP contribution in [0.3, 0.4) is 0 Å². The van der Waals surface area contributed by atoms with Gasteiger partial charge in [-0.15, -0.1) is 0 Å². The minimum Gasteiger partial charge on any atom is -0.467 e. The molecule has 76 valence electrons. The number of hydrogen-bond acceptors (Lipinski definition) is 4. The molecule has 5 heteroatoms. The monoisotopic (exact) mass is 195 g/mol. The quantitative estimate of drug-likeness (QED) is 0.783. The van der Waals surface area contributed by atoms with Gasteiger partial charge in [-0.1, -0.05) is 13.8 Å². The Morgan fingerprint density at radius 3 is 2.43 bits per heavy atom.